The summed E-state index contributed by atoms with van der Waals surface area (Å²) in [6.45, 7) is -2.41. The van der Waals surface area contributed by atoms with Gasteiger partial charge in [0.2, 0.25) is 0 Å². The van der Waals surface area contributed by atoms with Crippen molar-refractivity contribution < 1.29 is 189 Å². The fraction of sp³-hybridized carbons (Fsp3) is 1.00. The van der Waals surface area contributed by atoms with E-state index in [1.54, 1.807) is 5.11 Å². The summed E-state index contributed by atoms with van der Waals surface area (Å²) in [5, 5.41) is 1.80. The molecule has 46 heteroatoms. The van der Waals surface area contributed by atoms with Crippen LogP contribution in [-0.4, -0.2) is 131 Å². The SMILES string of the molecule is [N-]=[N+]=NCCC(F)(F)C(F)(F)C(F)(F)C(F)(F)C(F)(F)C(F)(F)C(F)(F)C(F)(F)C(F)(F)C(F)(F)C(F)(F)C(F)(F)C(F)(F)C(F)(F)C(F)(F)C(F)(F)C(F)(F)C(F)(F)C(F)(F)C(F)(F)C(F)(F)F. The van der Waals surface area contributed by atoms with Gasteiger partial charge in [-0.2, -0.15) is 189 Å². The number of hydrogen-bond acceptors (Lipinski definition) is 1. The van der Waals surface area contributed by atoms with Gasteiger partial charge in [0.1, 0.15) is 0 Å². The highest BCUT2D eigenvalue weighted by atomic mass is 19.4. The van der Waals surface area contributed by atoms with E-state index in [4.69, 9.17) is 5.53 Å². The summed E-state index contributed by atoms with van der Waals surface area (Å²) < 4.78 is 589. The maximum atomic E-state index is 14.1. The standard InChI is InChI=1S/C23H4F43N3/c24-3(25,1-2-68-69-67)4(26,27)5(28,29)6(30,31)7(32,33)8(34,35)9(36,37)10(38,39)11(40,41)12(42,43)13(44,45)14(46,47)15(48,49)16(50,51)17(52,53)18(54,55)19(56,57)20(58,59)21(60,61)22(62,63)23(64,65)66/h1-2H2. The minimum atomic E-state index is -10.7. The van der Waals surface area contributed by atoms with Gasteiger partial charge in [-0.15, -0.1) is 0 Å². The predicted octanol–water partition coefficient (Wildman–Crippen LogP) is 15.0. The second-order valence-corrected chi connectivity index (χ2v) is 12.8. The van der Waals surface area contributed by atoms with Crippen molar-refractivity contribution in [3.05, 3.63) is 10.4 Å². The van der Waals surface area contributed by atoms with E-state index >= 15 is 0 Å². The molecule has 0 aliphatic heterocycles. The van der Waals surface area contributed by atoms with E-state index in [2.05, 4.69) is 0 Å². The van der Waals surface area contributed by atoms with Crippen molar-refractivity contribution in [2.24, 2.45) is 5.11 Å². The molecule has 0 atom stereocenters. The number of azide groups is 1. The van der Waals surface area contributed by atoms with Gasteiger partial charge in [-0.25, -0.2) is 0 Å². The molecule has 0 heterocycles. The quantitative estimate of drug-likeness (QED) is 0.0449. The van der Waals surface area contributed by atoms with Crippen LogP contribution in [0.2, 0.25) is 0 Å². The molecule has 0 N–H and O–H groups in total. The first kappa shape index (κ1) is 65.3. The van der Waals surface area contributed by atoms with Crippen molar-refractivity contribution >= 4 is 0 Å². The van der Waals surface area contributed by atoms with E-state index in [0.717, 1.165) is 0 Å². The molecule has 0 radical (unpaired) electrons. The minimum Gasteiger partial charge on any atom is -0.200 e. The van der Waals surface area contributed by atoms with Gasteiger partial charge in [-0.3, -0.25) is 0 Å². The lowest BCUT2D eigenvalue weighted by Gasteiger charge is -2.47. The van der Waals surface area contributed by atoms with Crippen LogP contribution >= 0.6 is 0 Å². The molecule has 69 heavy (non-hydrogen) atoms. The first-order valence-corrected chi connectivity index (χ1v) is 14.7. The number of alkyl halides is 43. The zero-order chi connectivity index (χ0) is 57.3. The van der Waals surface area contributed by atoms with E-state index in [1.807, 2.05) is 0 Å². The van der Waals surface area contributed by atoms with Crippen molar-refractivity contribution in [3.8, 4) is 0 Å². The van der Waals surface area contributed by atoms with E-state index in [0.29, 0.717) is 0 Å². The summed E-state index contributed by atoms with van der Waals surface area (Å²) in [5.74, 6) is -200. The van der Waals surface area contributed by atoms with Gasteiger partial charge in [-0.1, -0.05) is 5.11 Å². The Bertz CT molecular complexity index is 1910. The van der Waals surface area contributed by atoms with Crippen LogP contribution in [0.1, 0.15) is 6.42 Å². The zero-order valence-electron chi connectivity index (χ0n) is 29.5. The monoisotopic (exact) mass is 1140 g/mol. The lowest BCUT2D eigenvalue weighted by atomic mass is 9.81. The Morgan fingerprint density at radius 3 is 0.478 bits per heavy atom. The largest absolute Gasteiger partial charge is 0.460 e. The Hall–Kier alpha value is -3.70. The molecule has 3 nitrogen and oxygen atoms in total. The molecule has 0 fully saturated rings. The third-order valence-electron chi connectivity index (χ3n) is 8.50. The van der Waals surface area contributed by atoms with Crippen LogP contribution in [-0.2, 0) is 0 Å². The fourth-order valence-electron chi connectivity index (χ4n) is 4.15. The second kappa shape index (κ2) is 16.2. The highest BCUT2D eigenvalue weighted by Crippen LogP contribution is 2.71. The molecule has 0 aliphatic carbocycles. The van der Waals surface area contributed by atoms with Gasteiger partial charge in [0.25, 0.3) is 0 Å². The second-order valence-electron chi connectivity index (χ2n) is 12.8. The normalized spacial score (nSPS) is 17.0. The van der Waals surface area contributed by atoms with Crippen LogP contribution in [0.15, 0.2) is 5.11 Å². The molecule has 0 spiro atoms. The molecule has 0 saturated heterocycles. The van der Waals surface area contributed by atoms with Crippen LogP contribution in [0, 0.1) is 0 Å². The van der Waals surface area contributed by atoms with Crippen molar-refractivity contribution in [2.75, 3.05) is 6.54 Å². The summed E-state index contributed by atoms with van der Waals surface area (Å²) in [6, 6.07) is 0. The van der Waals surface area contributed by atoms with Gasteiger partial charge >= 0.3 is 125 Å². The first-order chi connectivity index (χ1) is 29.1. The molecule has 0 rings (SSSR count). The lowest BCUT2D eigenvalue weighted by Crippen LogP contribution is -2.80. The average molecular weight is 1140 g/mol. The van der Waals surface area contributed by atoms with Crippen molar-refractivity contribution in [2.45, 2.75) is 131 Å². The van der Waals surface area contributed by atoms with Crippen LogP contribution in [0.25, 0.3) is 10.4 Å². The molecule has 0 unspecified atom stereocenters. The third-order valence-corrected chi connectivity index (χ3v) is 8.50. The first-order valence-electron chi connectivity index (χ1n) is 14.7. The van der Waals surface area contributed by atoms with E-state index in [-0.39, 0.29) is 0 Å². The Morgan fingerprint density at radius 2 is 0.348 bits per heavy atom. The van der Waals surface area contributed by atoms with E-state index in [9.17, 15) is 189 Å². The van der Waals surface area contributed by atoms with Crippen LogP contribution < -0.4 is 0 Å². The number of halogens is 43. The zero-order valence-corrected chi connectivity index (χ0v) is 29.5. The molecule has 0 aromatic rings. The van der Waals surface area contributed by atoms with Gasteiger partial charge in [-0.05, 0) is 5.53 Å². The lowest BCUT2D eigenvalue weighted by molar-refractivity contribution is -0.496. The fourth-order valence-corrected chi connectivity index (χ4v) is 4.15. The maximum absolute atomic E-state index is 14.1. The van der Waals surface area contributed by atoms with Gasteiger partial charge < -0.3 is 0 Å². The predicted molar refractivity (Wildman–Crippen MR) is 124 cm³/mol. The maximum Gasteiger partial charge on any atom is 0.460 e. The molecule has 0 aromatic heterocycles. The Balaban J connectivity index is 8.02. The van der Waals surface area contributed by atoms with E-state index in [1.165, 1.54) is 4.91 Å². The van der Waals surface area contributed by atoms with Crippen LogP contribution in [0.4, 0.5) is 189 Å². The van der Waals surface area contributed by atoms with Crippen molar-refractivity contribution in [1.82, 2.24) is 0 Å². The van der Waals surface area contributed by atoms with Gasteiger partial charge in [0.15, 0.2) is 0 Å². The van der Waals surface area contributed by atoms with Crippen LogP contribution in [0.5, 0.6) is 0 Å². The smallest absolute Gasteiger partial charge is 0.200 e. The minimum absolute atomic E-state index is 1.39. The summed E-state index contributed by atoms with van der Waals surface area (Å²) in [4.78, 5) is 1.39. The average Bonchev–Trinajstić information content (AvgIpc) is 3.12. The molecule has 0 aromatic carbocycles. The molecular formula is C23H4F43N3. The molecule has 0 aliphatic rings. The molecular weight excluding hydrogens is 1140 g/mol. The number of nitrogens with zero attached hydrogens (tertiary/aromatic N) is 3. The Morgan fingerprint density at radius 1 is 0.217 bits per heavy atom. The highest BCUT2D eigenvalue weighted by molar-refractivity contribution is 5.24. The van der Waals surface area contributed by atoms with Crippen molar-refractivity contribution in [3.63, 3.8) is 0 Å². The summed E-state index contributed by atoms with van der Waals surface area (Å²) in [6.07, 6.45) is -11.9. The van der Waals surface area contributed by atoms with E-state index < -0.39 is 138 Å². The summed E-state index contributed by atoms with van der Waals surface area (Å²) in [7, 11) is 0. The van der Waals surface area contributed by atoms with Crippen molar-refractivity contribution in [1.29, 1.82) is 0 Å². The number of hydrogen-bond donors (Lipinski definition) is 0. The Kier molecular flexibility index (Phi) is 15.3. The van der Waals surface area contributed by atoms with Gasteiger partial charge in [0, 0.05) is 17.9 Å². The van der Waals surface area contributed by atoms with Crippen LogP contribution in [0.3, 0.4) is 0 Å². The molecule has 0 bridgehead atoms. The summed E-state index contributed by atoms with van der Waals surface area (Å²) in [5.41, 5.74) is 7.76. The summed E-state index contributed by atoms with van der Waals surface area (Å²) >= 11 is 0. The number of rotatable bonds is 22. The van der Waals surface area contributed by atoms with Gasteiger partial charge in [0.05, 0.1) is 0 Å². The topological polar surface area (TPSA) is 48.8 Å². The third kappa shape index (κ3) is 7.51. The molecule has 412 valence electrons. The molecule has 0 amide bonds. The highest BCUT2D eigenvalue weighted by Gasteiger charge is 3.03. The molecule has 0 saturated carbocycles. The Labute approximate surface area is 343 Å².